The number of carbonyl (C=O) groups is 2. The summed E-state index contributed by atoms with van der Waals surface area (Å²) in [6.45, 7) is 8.11. The first kappa shape index (κ1) is 25.2. The highest BCUT2D eigenvalue weighted by Crippen LogP contribution is 2.27. The minimum Gasteiger partial charge on any atom is -0.352 e. The molecule has 2 aromatic carbocycles. The SMILES string of the molecule is CC[C@H](C)NC(=O)[C@H](CC)N(Cc1c(Cl)cccc1Cl)C(=O)CCc1ccc(C)cc1. The van der Waals surface area contributed by atoms with E-state index in [2.05, 4.69) is 5.32 Å². The second-order valence-electron chi connectivity index (χ2n) is 7.95. The number of benzene rings is 2. The molecule has 4 nitrogen and oxygen atoms in total. The molecule has 2 aromatic rings. The van der Waals surface area contributed by atoms with E-state index in [-0.39, 0.29) is 24.4 Å². The molecule has 0 fully saturated rings. The van der Waals surface area contributed by atoms with Crippen molar-refractivity contribution in [2.45, 2.75) is 72.0 Å². The number of halogens is 2. The van der Waals surface area contributed by atoms with Crippen LogP contribution in [0.2, 0.25) is 10.0 Å². The molecule has 0 aromatic heterocycles. The Kier molecular flexibility index (Phi) is 9.86. The van der Waals surface area contributed by atoms with Crippen LogP contribution in [-0.4, -0.2) is 28.8 Å². The lowest BCUT2D eigenvalue weighted by molar-refractivity contribution is -0.141. The predicted octanol–water partition coefficient (Wildman–Crippen LogP) is 5.96. The standard InChI is InChI=1S/C25H32Cl2N2O2/c1-5-18(4)28-25(31)23(6-2)29(16-20-21(26)8-7-9-22(20)27)24(30)15-14-19-12-10-17(3)11-13-19/h7-13,18,23H,5-6,14-16H2,1-4H3,(H,28,31)/t18-,23-/m0/s1. The number of aryl methyl sites for hydroxylation is 2. The van der Waals surface area contributed by atoms with E-state index in [9.17, 15) is 9.59 Å². The minimum atomic E-state index is -0.591. The number of rotatable bonds is 10. The molecule has 0 heterocycles. The fourth-order valence-electron chi connectivity index (χ4n) is 3.36. The summed E-state index contributed by atoms with van der Waals surface area (Å²) in [5.74, 6) is -0.244. The number of hydrogen-bond donors (Lipinski definition) is 1. The number of nitrogens with one attached hydrogen (secondary N) is 1. The predicted molar refractivity (Wildman–Crippen MR) is 128 cm³/mol. The topological polar surface area (TPSA) is 49.4 Å². The smallest absolute Gasteiger partial charge is 0.243 e. The first-order chi connectivity index (χ1) is 14.8. The van der Waals surface area contributed by atoms with Crippen LogP contribution in [0.15, 0.2) is 42.5 Å². The van der Waals surface area contributed by atoms with E-state index in [1.165, 1.54) is 5.56 Å². The molecule has 0 saturated heterocycles. The first-order valence-electron chi connectivity index (χ1n) is 10.8. The Bertz CT molecular complexity index is 863. The van der Waals surface area contributed by atoms with E-state index in [4.69, 9.17) is 23.2 Å². The molecule has 0 aliphatic rings. The molecule has 0 saturated carbocycles. The molecule has 31 heavy (non-hydrogen) atoms. The summed E-state index contributed by atoms with van der Waals surface area (Å²) in [7, 11) is 0. The van der Waals surface area contributed by atoms with E-state index >= 15 is 0 Å². The highest BCUT2D eigenvalue weighted by Gasteiger charge is 2.30. The van der Waals surface area contributed by atoms with Crippen molar-refractivity contribution in [2.24, 2.45) is 0 Å². The molecule has 2 rings (SSSR count). The third-order valence-electron chi connectivity index (χ3n) is 5.53. The van der Waals surface area contributed by atoms with Crippen LogP contribution < -0.4 is 5.32 Å². The molecule has 0 unspecified atom stereocenters. The van der Waals surface area contributed by atoms with E-state index in [1.807, 2.05) is 52.0 Å². The van der Waals surface area contributed by atoms with Crippen molar-refractivity contribution in [2.75, 3.05) is 0 Å². The van der Waals surface area contributed by atoms with Gasteiger partial charge in [-0.15, -0.1) is 0 Å². The molecular weight excluding hydrogens is 431 g/mol. The van der Waals surface area contributed by atoms with Crippen LogP contribution in [0.1, 0.15) is 56.7 Å². The monoisotopic (exact) mass is 462 g/mol. The summed E-state index contributed by atoms with van der Waals surface area (Å²) in [4.78, 5) is 27.9. The Balaban J connectivity index is 2.27. The Morgan fingerprint density at radius 3 is 2.16 bits per heavy atom. The second kappa shape index (κ2) is 12.1. The van der Waals surface area contributed by atoms with Gasteiger partial charge in [0.05, 0.1) is 0 Å². The highest BCUT2D eigenvalue weighted by molar-refractivity contribution is 6.36. The maximum absolute atomic E-state index is 13.3. The van der Waals surface area contributed by atoms with Gasteiger partial charge in [0.25, 0.3) is 0 Å². The molecule has 2 amide bonds. The van der Waals surface area contributed by atoms with Gasteiger partial charge in [-0.3, -0.25) is 9.59 Å². The molecule has 1 N–H and O–H groups in total. The van der Waals surface area contributed by atoms with Gasteiger partial charge in [0, 0.05) is 34.6 Å². The molecule has 0 aliphatic heterocycles. The Labute approximate surface area is 195 Å². The van der Waals surface area contributed by atoms with Gasteiger partial charge in [-0.2, -0.15) is 0 Å². The largest absolute Gasteiger partial charge is 0.352 e. The van der Waals surface area contributed by atoms with Crippen molar-refractivity contribution < 1.29 is 9.59 Å². The lowest BCUT2D eigenvalue weighted by Gasteiger charge is -2.32. The molecule has 0 aliphatic carbocycles. The van der Waals surface area contributed by atoms with Crippen LogP contribution in [-0.2, 0) is 22.6 Å². The van der Waals surface area contributed by atoms with Crippen LogP contribution in [0, 0.1) is 6.92 Å². The third-order valence-corrected chi connectivity index (χ3v) is 6.23. The van der Waals surface area contributed by atoms with Gasteiger partial charge in [-0.1, -0.05) is 72.9 Å². The number of nitrogens with zero attached hydrogens (tertiary/aromatic N) is 1. The zero-order valence-electron chi connectivity index (χ0n) is 18.8. The summed E-state index contributed by atoms with van der Waals surface area (Å²) in [5.41, 5.74) is 2.92. The maximum Gasteiger partial charge on any atom is 0.243 e. The third kappa shape index (κ3) is 7.26. The molecule has 0 radical (unpaired) electrons. The average Bonchev–Trinajstić information content (AvgIpc) is 2.74. The molecule has 168 valence electrons. The summed E-state index contributed by atoms with van der Waals surface area (Å²) >= 11 is 12.8. The minimum absolute atomic E-state index is 0.0370. The van der Waals surface area contributed by atoms with Crippen LogP contribution >= 0.6 is 23.2 Å². The van der Waals surface area contributed by atoms with Gasteiger partial charge in [-0.05, 0) is 50.8 Å². The fourth-order valence-corrected chi connectivity index (χ4v) is 3.88. The van der Waals surface area contributed by atoms with Crippen LogP contribution in [0.4, 0.5) is 0 Å². The average molecular weight is 463 g/mol. The summed E-state index contributed by atoms with van der Waals surface area (Å²) in [6, 6.07) is 12.9. The van der Waals surface area contributed by atoms with E-state index in [1.54, 1.807) is 23.1 Å². The van der Waals surface area contributed by atoms with Crippen LogP contribution in [0.3, 0.4) is 0 Å². The Hall–Kier alpha value is -2.04. The molecule has 0 spiro atoms. The van der Waals surface area contributed by atoms with Crippen LogP contribution in [0.5, 0.6) is 0 Å². The van der Waals surface area contributed by atoms with Gasteiger partial charge in [0.1, 0.15) is 6.04 Å². The second-order valence-corrected chi connectivity index (χ2v) is 8.76. The van der Waals surface area contributed by atoms with Gasteiger partial charge in [-0.25, -0.2) is 0 Å². The molecule has 2 atom stereocenters. The number of amides is 2. The Morgan fingerprint density at radius 2 is 1.61 bits per heavy atom. The van der Waals surface area contributed by atoms with E-state index < -0.39 is 6.04 Å². The van der Waals surface area contributed by atoms with Gasteiger partial charge >= 0.3 is 0 Å². The lowest BCUT2D eigenvalue weighted by Crippen LogP contribution is -2.50. The van der Waals surface area contributed by atoms with Crippen molar-refractivity contribution in [3.05, 3.63) is 69.2 Å². The van der Waals surface area contributed by atoms with Crippen molar-refractivity contribution >= 4 is 35.0 Å². The quantitative estimate of drug-likeness (QED) is 0.473. The summed E-state index contributed by atoms with van der Waals surface area (Å²) in [6.07, 6.45) is 2.23. The lowest BCUT2D eigenvalue weighted by atomic mass is 10.0. The first-order valence-corrected chi connectivity index (χ1v) is 11.6. The number of carbonyl (C=O) groups excluding carboxylic acids is 2. The van der Waals surface area contributed by atoms with Gasteiger partial charge in [0.15, 0.2) is 0 Å². The van der Waals surface area contributed by atoms with Crippen molar-refractivity contribution in [1.82, 2.24) is 10.2 Å². The summed E-state index contributed by atoms with van der Waals surface area (Å²) in [5, 5.41) is 3.99. The number of hydrogen-bond acceptors (Lipinski definition) is 2. The van der Waals surface area contributed by atoms with Crippen molar-refractivity contribution in [1.29, 1.82) is 0 Å². The van der Waals surface area contributed by atoms with Crippen LogP contribution in [0.25, 0.3) is 0 Å². The molecule has 0 bridgehead atoms. The van der Waals surface area contributed by atoms with Gasteiger partial charge in [0.2, 0.25) is 11.8 Å². The van der Waals surface area contributed by atoms with Crippen molar-refractivity contribution in [3.8, 4) is 0 Å². The molecule has 6 heteroatoms. The maximum atomic E-state index is 13.3. The zero-order valence-corrected chi connectivity index (χ0v) is 20.3. The summed E-state index contributed by atoms with van der Waals surface area (Å²) < 4.78 is 0. The van der Waals surface area contributed by atoms with E-state index in [0.717, 1.165) is 12.0 Å². The molecular formula is C25H32Cl2N2O2. The van der Waals surface area contributed by atoms with E-state index in [0.29, 0.717) is 34.9 Å². The Morgan fingerprint density at radius 1 is 1.00 bits per heavy atom. The van der Waals surface area contributed by atoms with Gasteiger partial charge < -0.3 is 10.2 Å². The highest BCUT2D eigenvalue weighted by atomic mass is 35.5. The zero-order chi connectivity index (χ0) is 23.0. The fraction of sp³-hybridized carbons (Fsp3) is 0.440. The van der Waals surface area contributed by atoms with Crippen molar-refractivity contribution in [3.63, 3.8) is 0 Å². The normalized spacial score (nSPS) is 12.8.